The van der Waals surface area contributed by atoms with E-state index in [1.165, 1.54) is 0 Å². The molecule has 1 saturated heterocycles. The Bertz CT molecular complexity index is 1090. The van der Waals surface area contributed by atoms with Gasteiger partial charge in [0.1, 0.15) is 5.75 Å². The molecule has 1 atom stereocenters. The predicted octanol–water partition coefficient (Wildman–Crippen LogP) is 4.21. The van der Waals surface area contributed by atoms with E-state index in [9.17, 15) is 14.4 Å². The Labute approximate surface area is 180 Å². The molecular formula is C25H22N2O4. The van der Waals surface area contributed by atoms with E-state index in [-0.39, 0.29) is 18.2 Å². The Balaban J connectivity index is 1.34. The lowest BCUT2D eigenvalue weighted by Crippen LogP contribution is -2.28. The Morgan fingerprint density at radius 3 is 2.29 bits per heavy atom. The van der Waals surface area contributed by atoms with Gasteiger partial charge in [-0.1, -0.05) is 35.9 Å². The van der Waals surface area contributed by atoms with E-state index < -0.39 is 11.9 Å². The molecule has 2 amide bonds. The topological polar surface area (TPSA) is 75.7 Å². The first-order chi connectivity index (χ1) is 15.0. The standard InChI is InChI=1S/C25H22N2O4/c1-17-7-9-18(10-8-17)25(30)31-22-13-11-20(12-14-22)26-24(29)19-15-23(28)27(16-19)21-5-3-2-4-6-21/h2-14,19H,15-16H2,1H3,(H,26,29)/t19-/m0/s1. The highest BCUT2D eigenvalue weighted by molar-refractivity contribution is 6.03. The third-order valence-electron chi connectivity index (χ3n) is 5.18. The van der Waals surface area contributed by atoms with Crippen LogP contribution in [0.3, 0.4) is 0 Å². The molecule has 3 aromatic rings. The second kappa shape index (κ2) is 8.83. The second-order valence-corrected chi connectivity index (χ2v) is 7.51. The van der Waals surface area contributed by atoms with E-state index in [4.69, 9.17) is 4.74 Å². The van der Waals surface area contributed by atoms with E-state index in [0.717, 1.165) is 11.3 Å². The molecule has 4 rings (SSSR count). The second-order valence-electron chi connectivity index (χ2n) is 7.51. The number of hydrogen-bond donors (Lipinski definition) is 1. The monoisotopic (exact) mass is 414 g/mol. The average molecular weight is 414 g/mol. The Morgan fingerprint density at radius 2 is 1.61 bits per heavy atom. The summed E-state index contributed by atoms with van der Waals surface area (Å²) in [5, 5.41) is 2.84. The molecule has 1 N–H and O–H groups in total. The molecule has 0 radical (unpaired) electrons. The van der Waals surface area contributed by atoms with Gasteiger partial charge in [0.05, 0.1) is 11.5 Å². The van der Waals surface area contributed by atoms with Crippen molar-refractivity contribution < 1.29 is 19.1 Å². The fourth-order valence-electron chi connectivity index (χ4n) is 3.45. The van der Waals surface area contributed by atoms with Crippen LogP contribution in [0.2, 0.25) is 0 Å². The largest absolute Gasteiger partial charge is 0.423 e. The third-order valence-corrected chi connectivity index (χ3v) is 5.18. The van der Waals surface area contributed by atoms with Gasteiger partial charge in [0.15, 0.2) is 0 Å². The van der Waals surface area contributed by atoms with Crippen LogP contribution in [0, 0.1) is 12.8 Å². The van der Waals surface area contributed by atoms with Gasteiger partial charge in [0, 0.05) is 24.3 Å². The molecule has 1 heterocycles. The number of nitrogens with zero attached hydrogens (tertiary/aromatic N) is 1. The molecule has 0 aromatic heterocycles. The van der Waals surface area contributed by atoms with Crippen molar-refractivity contribution in [1.82, 2.24) is 0 Å². The van der Waals surface area contributed by atoms with Crippen LogP contribution in [0.1, 0.15) is 22.3 Å². The molecule has 1 fully saturated rings. The van der Waals surface area contributed by atoms with Gasteiger partial charge in [-0.3, -0.25) is 9.59 Å². The van der Waals surface area contributed by atoms with Gasteiger partial charge < -0.3 is 15.0 Å². The number of hydrogen-bond acceptors (Lipinski definition) is 4. The number of benzene rings is 3. The van der Waals surface area contributed by atoms with Crippen LogP contribution in [0.5, 0.6) is 5.75 Å². The maximum absolute atomic E-state index is 12.6. The highest BCUT2D eigenvalue weighted by Gasteiger charge is 2.35. The average Bonchev–Trinajstić information content (AvgIpc) is 3.18. The van der Waals surface area contributed by atoms with E-state index in [0.29, 0.717) is 23.5 Å². The molecule has 3 aromatic carbocycles. The lowest BCUT2D eigenvalue weighted by atomic mass is 10.1. The normalized spacial score (nSPS) is 15.6. The number of carbonyl (C=O) groups is 3. The molecule has 0 saturated carbocycles. The van der Waals surface area contributed by atoms with Crippen molar-refractivity contribution in [3.8, 4) is 5.75 Å². The zero-order valence-electron chi connectivity index (χ0n) is 17.1. The van der Waals surface area contributed by atoms with Crippen LogP contribution >= 0.6 is 0 Å². The van der Waals surface area contributed by atoms with Gasteiger partial charge in [-0.2, -0.15) is 0 Å². The summed E-state index contributed by atoms with van der Waals surface area (Å²) in [7, 11) is 0. The van der Waals surface area contributed by atoms with Crippen LogP contribution in [-0.4, -0.2) is 24.3 Å². The van der Waals surface area contributed by atoms with Gasteiger partial charge in [-0.15, -0.1) is 0 Å². The van der Waals surface area contributed by atoms with Crippen molar-refractivity contribution in [2.24, 2.45) is 5.92 Å². The first-order valence-electron chi connectivity index (χ1n) is 10.0. The highest BCUT2D eigenvalue weighted by Crippen LogP contribution is 2.26. The minimum atomic E-state index is -0.442. The summed E-state index contributed by atoms with van der Waals surface area (Å²) in [6.45, 7) is 2.30. The molecule has 6 heteroatoms. The minimum absolute atomic E-state index is 0.0651. The number of ether oxygens (including phenoxy) is 1. The first-order valence-corrected chi connectivity index (χ1v) is 10.0. The van der Waals surface area contributed by atoms with Crippen LogP contribution in [0.4, 0.5) is 11.4 Å². The Kier molecular flexibility index (Phi) is 5.80. The van der Waals surface area contributed by atoms with Crippen LogP contribution in [-0.2, 0) is 9.59 Å². The minimum Gasteiger partial charge on any atom is -0.423 e. The summed E-state index contributed by atoms with van der Waals surface area (Å²) < 4.78 is 5.37. The van der Waals surface area contributed by atoms with Crippen LogP contribution in [0.15, 0.2) is 78.9 Å². The maximum atomic E-state index is 12.6. The quantitative estimate of drug-likeness (QED) is 0.501. The Hall–Kier alpha value is -3.93. The molecule has 0 unspecified atom stereocenters. The van der Waals surface area contributed by atoms with E-state index >= 15 is 0 Å². The predicted molar refractivity (Wildman–Crippen MR) is 118 cm³/mol. The number of amides is 2. The summed E-state index contributed by atoms with van der Waals surface area (Å²) in [5.41, 5.74) is 2.90. The number of nitrogens with one attached hydrogen (secondary N) is 1. The Morgan fingerprint density at radius 1 is 0.935 bits per heavy atom. The summed E-state index contributed by atoms with van der Waals surface area (Å²) >= 11 is 0. The molecule has 1 aliphatic heterocycles. The van der Waals surface area contributed by atoms with Crippen molar-refractivity contribution in [2.45, 2.75) is 13.3 Å². The smallest absolute Gasteiger partial charge is 0.343 e. The van der Waals surface area contributed by atoms with Crippen molar-refractivity contribution in [3.63, 3.8) is 0 Å². The van der Waals surface area contributed by atoms with E-state index in [1.54, 1.807) is 41.3 Å². The number of carbonyl (C=O) groups excluding carboxylic acids is 3. The molecule has 6 nitrogen and oxygen atoms in total. The summed E-state index contributed by atoms with van der Waals surface area (Å²) in [4.78, 5) is 38.8. The molecule has 31 heavy (non-hydrogen) atoms. The van der Waals surface area contributed by atoms with Crippen molar-refractivity contribution in [1.29, 1.82) is 0 Å². The summed E-state index contributed by atoms with van der Waals surface area (Å²) in [5.74, 6) is -0.759. The van der Waals surface area contributed by atoms with Crippen LogP contribution < -0.4 is 15.0 Å². The lowest BCUT2D eigenvalue weighted by Gasteiger charge is -2.16. The fourth-order valence-corrected chi connectivity index (χ4v) is 3.45. The molecular weight excluding hydrogens is 392 g/mol. The van der Waals surface area contributed by atoms with Gasteiger partial charge in [0.2, 0.25) is 11.8 Å². The fraction of sp³-hybridized carbons (Fsp3) is 0.160. The molecule has 0 aliphatic carbocycles. The van der Waals surface area contributed by atoms with Crippen molar-refractivity contribution in [3.05, 3.63) is 90.0 Å². The zero-order chi connectivity index (χ0) is 21.8. The van der Waals surface area contributed by atoms with Gasteiger partial charge in [-0.25, -0.2) is 4.79 Å². The lowest BCUT2D eigenvalue weighted by molar-refractivity contribution is -0.122. The number of aryl methyl sites for hydroxylation is 1. The summed E-state index contributed by atoms with van der Waals surface area (Å²) in [6, 6.07) is 23.0. The number of rotatable bonds is 5. The van der Waals surface area contributed by atoms with Gasteiger partial charge in [0.25, 0.3) is 0 Å². The summed E-state index contributed by atoms with van der Waals surface area (Å²) in [6.07, 6.45) is 0.174. The number of para-hydroxylation sites is 1. The van der Waals surface area contributed by atoms with Crippen molar-refractivity contribution in [2.75, 3.05) is 16.8 Å². The van der Waals surface area contributed by atoms with Gasteiger partial charge in [-0.05, 0) is 55.5 Å². The SMILES string of the molecule is Cc1ccc(C(=O)Oc2ccc(NC(=O)[C@H]3CC(=O)N(c4ccccc4)C3)cc2)cc1. The molecule has 0 bridgehead atoms. The molecule has 1 aliphatic rings. The zero-order valence-corrected chi connectivity index (χ0v) is 17.1. The van der Waals surface area contributed by atoms with E-state index in [2.05, 4.69) is 5.32 Å². The number of anilines is 2. The maximum Gasteiger partial charge on any atom is 0.343 e. The van der Waals surface area contributed by atoms with E-state index in [1.807, 2.05) is 49.4 Å². The number of esters is 1. The van der Waals surface area contributed by atoms with Gasteiger partial charge >= 0.3 is 5.97 Å². The first kappa shape index (κ1) is 20.3. The molecule has 156 valence electrons. The highest BCUT2D eigenvalue weighted by atomic mass is 16.5. The van der Waals surface area contributed by atoms with Crippen molar-refractivity contribution >= 4 is 29.2 Å². The third kappa shape index (κ3) is 4.80. The molecule has 0 spiro atoms. The van der Waals surface area contributed by atoms with Crippen LogP contribution in [0.25, 0.3) is 0 Å².